The molecule has 0 atom stereocenters. The number of benzene rings is 1. The highest BCUT2D eigenvalue weighted by molar-refractivity contribution is 5.94. The van der Waals surface area contributed by atoms with Gasteiger partial charge in [0, 0.05) is 51.8 Å². The summed E-state index contributed by atoms with van der Waals surface area (Å²) in [5.41, 5.74) is 1.37. The summed E-state index contributed by atoms with van der Waals surface area (Å²) in [7, 11) is 3.26. The lowest BCUT2D eigenvalue weighted by Gasteiger charge is -2.09. The van der Waals surface area contributed by atoms with Crippen LogP contribution in [-0.2, 0) is 14.3 Å². The first-order valence-electron chi connectivity index (χ1n) is 8.04. The number of anilines is 1. The molecule has 1 rings (SSSR count). The number of carbonyl (C=O) groups is 2. The Balaban J connectivity index is 2.28. The van der Waals surface area contributed by atoms with Gasteiger partial charge in [-0.3, -0.25) is 9.59 Å². The van der Waals surface area contributed by atoms with Crippen LogP contribution in [0.3, 0.4) is 0 Å². The summed E-state index contributed by atoms with van der Waals surface area (Å²) in [5, 5.41) is 8.64. The number of rotatable bonds is 12. The van der Waals surface area contributed by atoms with Crippen molar-refractivity contribution in [3.8, 4) is 0 Å². The maximum atomic E-state index is 11.9. The van der Waals surface area contributed by atoms with Crippen LogP contribution in [0.5, 0.6) is 0 Å². The lowest BCUT2D eigenvalue weighted by Crippen LogP contribution is -2.31. The molecule has 0 aliphatic carbocycles. The van der Waals surface area contributed by atoms with Crippen molar-refractivity contribution in [2.45, 2.75) is 12.8 Å². The smallest absolute Gasteiger partial charge is 0.251 e. The lowest BCUT2D eigenvalue weighted by molar-refractivity contribution is -0.119. The monoisotopic (exact) mass is 337 g/mol. The molecule has 0 bridgehead atoms. The molecule has 0 fully saturated rings. The van der Waals surface area contributed by atoms with Crippen molar-refractivity contribution < 1.29 is 19.1 Å². The molecule has 24 heavy (non-hydrogen) atoms. The second-order valence-corrected chi connectivity index (χ2v) is 5.23. The molecule has 0 aliphatic heterocycles. The zero-order valence-electron chi connectivity index (χ0n) is 14.4. The van der Waals surface area contributed by atoms with E-state index >= 15 is 0 Å². The molecular formula is C17H27N3O4. The average Bonchev–Trinajstić information content (AvgIpc) is 2.61. The van der Waals surface area contributed by atoms with Crippen LogP contribution in [0.2, 0.25) is 0 Å². The first-order chi connectivity index (χ1) is 11.7. The van der Waals surface area contributed by atoms with Gasteiger partial charge in [0.2, 0.25) is 5.91 Å². The fourth-order valence-electron chi connectivity index (χ4n) is 1.95. The van der Waals surface area contributed by atoms with Crippen LogP contribution in [0.15, 0.2) is 24.3 Å². The molecule has 0 heterocycles. The first-order valence-corrected chi connectivity index (χ1v) is 8.04. The van der Waals surface area contributed by atoms with Crippen LogP contribution in [0.1, 0.15) is 23.2 Å². The van der Waals surface area contributed by atoms with Gasteiger partial charge in [-0.1, -0.05) is 0 Å². The van der Waals surface area contributed by atoms with Crippen LogP contribution >= 0.6 is 0 Å². The van der Waals surface area contributed by atoms with Gasteiger partial charge in [0.15, 0.2) is 0 Å². The average molecular weight is 337 g/mol. The summed E-state index contributed by atoms with van der Waals surface area (Å²) in [4.78, 5) is 23.5. The Kier molecular flexibility index (Phi) is 10.2. The predicted molar refractivity (Wildman–Crippen MR) is 93.3 cm³/mol. The highest BCUT2D eigenvalue weighted by Gasteiger charge is 2.05. The van der Waals surface area contributed by atoms with Crippen molar-refractivity contribution in [2.24, 2.45) is 0 Å². The highest BCUT2D eigenvalue weighted by Crippen LogP contribution is 2.09. The summed E-state index contributed by atoms with van der Waals surface area (Å²) in [6, 6.07) is 7.01. The number of ether oxygens (including phenoxy) is 2. The van der Waals surface area contributed by atoms with Crippen LogP contribution in [-0.4, -0.2) is 58.9 Å². The van der Waals surface area contributed by atoms with Crippen LogP contribution < -0.4 is 16.0 Å². The molecule has 0 saturated carbocycles. The van der Waals surface area contributed by atoms with Gasteiger partial charge in [-0.15, -0.1) is 0 Å². The molecule has 0 saturated heterocycles. The molecule has 0 unspecified atom stereocenters. The fourth-order valence-corrected chi connectivity index (χ4v) is 1.95. The van der Waals surface area contributed by atoms with E-state index in [-0.39, 0.29) is 18.4 Å². The fraction of sp³-hybridized carbons (Fsp3) is 0.529. The Morgan fingerprint density at radius 2 is 1.50 bits per heavy atom. The molecule has 3 N–H and O–H groups in total. The molecule has 0 spiro atoms. The first kappa shape index (κ1) is 19.9. The van der Waals surface area contributed by atoms with E-state index in [1.54, 1.807) is 38.5 Å². The minimum Gasteiger partial charge on any atom is -0.385 e. The summed E-state index contributed by atoms with van der Waals surface area (Å²) >= 11 is 0. The van der Waals surface area contributed by atoms with Gasteiger partial charge in [-0.2, -0.15) is 0 Å². The number of amides is 2. The number of hydrogen-bond acceptors (Lipinski definition) is 5. The maximum absolute atomic E-state index is 11.9. The Hall–Kier alpha value is -2.12. The van der Waals surface area contributed by atoms with Crippen molar-refractivity contribution in [3.63, 3.8) is 0 Å². The number of methoxy groups -OCH3 is 2. The maximum Gasteiger partial charge on any atom is 0.251 e. The Morgan fingerprint density at radius 1 is 0.917 bits per heavy atom. The standard InChI is InChI=1S/C17H27N3O4/c1-23-11-3-9-18-16(21)13-20-15-7-5-14(6-8-15)17(22)19-10-4-12-24-2/h5-8,20H,3-4,9-13H2,1-2H3,(H,18,21)(H,19,22). The van der Waals surface area contributed by atoms with Crippen molar-refractivity contribution in [1.82, 2.24) is 10.6 Å². The molecule has 134 valence electrons. The van der Waals surface area contributed by atoms with E-state index in [9.17, 15) is 9.59 Å². The van der Waals surface area contributed by atoms with Gasteiger partial charge >= 0.3 is 0 Å². The summed E-state index contributed by atoms with van der Waals surface area (Å²) in [5.74, 6) is -0.195. The largest absolute Gasteiger partial charge is 0.385 e. The molecule has 7 heteroatoms. The molecule has 7 nitrogen and oxygen atoms in total. The second kappa shape index (κ2) is 12.3. The van der Waals surface area contributed by atoms with E-state index in [0.29, 0.717) is 31.9 Å². The normalized spacial score (nSPS) is 10.2. The molecule has 1 aromatic carbocycles. The van der Waals surface area contributed by atoms with Gasteiger partial charge in [0.25, 0.3) is 5.91 Å². The molecule has 0 aromatic heterocycles. The summed E-state index contributed by atoms with van der Waals surface area (Å²) in [6.45, 7) is 2.61. The number of carbonyl (C=O) groups excluding carboxylic acids is 2. The van der Waals surface area contributed by atoms with Crippen LogP contribution in [0, 0.1) is 0 Å². The molecule has 0 radical (unpaired) electrons. The van der Waals surface area contributed by atoms with E-state index in [1.807, 2.05) is 0 Å². The van der Waals surface area contributed by atoms with Crippen LogP contribution in [0.4, 0.5) is 5.69 Å². The van der Waals surface area contributed by atoms with Crippen molar-refractivity contribution in [1.29, 1.82) is 0 Å². The minimum atomic E-state index is -0.117. The number of hydrogen-bond donors (Lipinski definition) is 3. The predicted octanol–water partition coefficient (Wildman–Crippen LogP) is 1.02. The molecule has 0 aliphatic rings. The van der Waals surface area contributed by atoms with E-state index in [2.05, 4.69) is 16.0 Å². The minimum absolute atomic E-state index is 0.0777. The molecular weight excluding hydrogens is 310 g/mol. The van der Waals surface area contributed by atoms with E-state index in [1.165, 1.54) is 0 Å². The quantitative estimate of drug-likeness (QED) is 0.496. The SMILES string of the molecule is COCCCNC(=O)CNc1ccc(C(=O)NCCCOC)cc1. The van der Waals surface area contributed by atoms with E-state index < -0.39 is 0 Å². The lowest BCUT2D eigenvalue weighted by atomic mass is 10.2. The summed E-state index contributed by atoms with van der Waals surface area (Å²) < 4.78 is 9.84. The van der Waals surface area contributed by atoms with Crippen LogP contribution in [0.25, 0.3) is 0 Å². The third-order valence-electron chi connectivity index (χ3n) is 3.26. The van der Waals surface area contributed by atoms with Gasteiger partial charge in [0.05, 0.1) is 6.54 Å². The van der Waals surface area contributed by atoms with Crippen molar-refractivity contribution >= 4 is 17.5 Å². The van der Waals surface area contributed by atoms with Crippen molar-refractivity contribution in [3.05, 3.63) is 29.8 Å². The Morgan fingerprint density at radius 3 is 2.08 bits per heavy atom. The Labute approximate surface area is 143 Å². The van der Waals surface area contributed by atoms with Gasteiger partial charge in [-0.25, -0.2) is 0 Å². The second-order valence-electron chi connectivity index (χ2n) is 5.23. The summed E-state index contributed by atoms with van der Waals surface area (Å²) in [6.07, 6.45) is 1.57. The topological polar surface area (TPSA) is 88.7 Å². The van der Waals surface area contributed by atoms with Gasteiger partial charge in [-0.05, 0) is 37.1 Å². The third-order valence-corrected chi connectivity index (χ3v) is 3.26. The van der Waals surface area contributed by atoms with Gasteiger partial charge < -0.3 is 25.4 Å². The Bertz CT molecular complexity index is 491. The highest BCUT2D eigenvalue weighted by atomic mass is 16.5. The number of nitrogens with one attached hydrogen (secondary N) is 3. The van der Waals surface area contributed by atoms with Gasteiger partial charge in [0.1, 0.15) is 0 Å². The molecule has 1 aromatic rings. The molecule has 2 amide bonds. The zero-order chi connectivity index (χ0) is 17.6. The third kappa shape index (κ3) is 8.50. The van der Waals surface area contributed by atoms with Crippen molar-refractivity contribution in [2.75, 3.05) is 52.4 Å². The van der Waals surface area contributed by atoms with E-state index in [0.717, 1.165) is 18.5 Å². The van der Waals surface area contributed by atoms with E-state index in [4.69, 9.17) is 9.47 Å². The zero-order valence-corrected chi connectivity index (χ0v) is 14.4.